The Hall–Kier alpha value is -1.38. The monoisotopic (exact) mass is 305 g/mol. The summed E-state index contributed by atoms with van der Waals surface area (Å²) in [6, 6.07) is 15.4. The van der Waals surface area contributed by atoms with E-state index in [4.69, 9.17) is 11.6 Å². The molecule has 2 unspecified atom stereocenters. The van der Waals surface area contributed by atoms with Crippen LogP contribution in [0.3, 0.4) is 0 Å². The van der Waals surface area contributed by atoms with E-state index < -0.39 is 0 Å². The molecule has 0 amide bonds. The van der Waals surface area contributed by atoms with E-state index in [1.807, 2.05) is 24.3 Å². The molecule has 0 radical (unpaired) electrons. The van der Waals surface area contributed by atoms with Gasteiger partial charge in [0, 0.05) is 17.1 Å². The first kappa shape index (κ1) is 16.0. The van der Waals surface area contributed by atoms with Gasteiger partial charge in [0.25, 0.3) is 0 Å². The summed E-state index contributed by atoms with van der Waals surface area (Å²) >= 11 is 6.00. The molecule has 0 aliphatic carbocycles. The molecule has 0 saturated heterocycles. The standard InChI is InChI=1S/C18H21ClFN/c1-13(9-15-5-3-7-17(19)11-15)21-14(2)10-16-6-4-8-18(20)12-16/h3-8,11-14,21H,9-10H2,1-2H3. The summed E-state index contributed by atoms with van der Waals surface area (Å²) < 4.78 is 13.2. The highest BCUT2D eigenvalue weighted by molar-refractivity contribution is 6.30. The fourth-order valence-electron chi connectivity index (χ4n) is 2.64. The highest BCUT2D eigenvalue weighted by Crippen LogP contribution is 2.13. The fourth-order valence-corrected chi connectivity index (χ4v) is 2.85. The maximum absolute atomic E-state index is 13.2. The largest absolute Gasteiger partial charge is 0.311 e. The Morgan fingerprint density at radius 2 is 1.52 bits per heavy atom. The van der Waals surface area contributed by atoms with Crippen molar-refractivity contribution in [2.75, 3.05) is 0 Å². The quantitative estimate of drug-likeness (QED) is 0.820. The van der Waals surface area contributed by atoms with Crippen LogP contribution >= 0.6 is 11.6 Å². The van der Waals surface area contributed by atoms with Crippen LogP contribution in [0.4, 0.5) is 4.39 Å². The third kappa shape index (κ3) is 5.49. The van der Waals surface area contributed by atoms with Crippen LogP contribution in [0, 0.1) is 5.82 Å². The van der Waals surface area contributed by atoms with E-state index >= 15 is 0 Å². The predicted molar refractivity (Wildman–Crippen MR) is 87.3 cm³/mol. The van der Waals surface area contributed by atoms with Crippen molar-refractivity contribution in [3.05, 3.63) is 70.5 Å². The van der Waals surface area contributed by atoms with Crippen molar-refractivity contribution < 1.29 is 4.39 Å². The van der Waals surface area contributed by atoms with Gasteiger partial charge in [0.05, 0.1) is 0 Å². The van der Waals surface area contributed by atoms with E-state index in [1.54, 1.807) is 12.1 Å². The predicted octanol–water partition coefficient (Wildman–Crippen LogP) is 4.63. The van der Waals surface area contributed by atoms with Gasteiger partial charge in [0.2, 0.25) is 0 Å². The van der Waals surface area contributed by atoms with Crippen LogP contribution in [0.15, 0.2) is 48.5 Å². The highest BCUT2D eigenvalue weighted by atomic mass is 35.5. The Morgan fingerprint density at radius 1 is 0.952 bits per heavy atom. The van der Waals surface area contributed by atoms with Gasteiger partial charge in [-0.2, -0.15) is 0 Å². The lowest BCUT2D eigenvalue weighted by Crippen LogP contribution is -2.37. The van der Waals surface area contributed by atoms with Crippen molar-refractivity contribution in [3.8, 4) is 0 Å². The molecule has 0 spiro atoms. The topological polar surface area (TPSA) is 12.0 Å². The van der Waals surface area contributed by atoms with Crippen LogP contribution in [-0.2, 0) is 12.8 Å². The number of halogens is 2. The smallest absolute Gasteiger partial charge is 0.123 e. The summed E-state index contributed by atoms with van der Waals surface area (Å²) in [4.78, 5) is 0. The van der Waals surface area contributed by atoms with Crippen molar-refractivity contribution >= 4 is 11.6 Å². The number of rotatable bonds is 6. The molecule has 21 heavy (non-hydrogen) atoms. The third-order valence-electron chi connectivity index (χ3n) is 3.43. The molecule has 0 aliphatic heterocycles. The Kier molecular flexibility index (Phi) is 5.77. The normalized spacial score (nSPS) is 13.9. The minimum absolute atomic E-state index is 0.174. The molecular formula is C18H21ClFN. The molecule has 0 heterocycles. The van der Waals surface area contributed by atoms with E-state index in [2.05, 4.69) is 25.2 Å². The lowest BCUT2D eigenvalue weighted by atomic mass is 10.0. The fraction of sp³-hybridized carbons (Fsp3) is 0.333. The van der Waals surface area contributed by atoms with Gasteiger partial charge < -0.3 is 5.32 Å². The molecule has 1 N–H and O–H groups in total. The second-order valence-corrected chi connectivity index (χ2v) is 6.07. The summed E-state index contributed by atoms with van der Waals surface area (Å²) in [7, 11) is 0. The van der Waals surface area contributed by atoms with Gasteiger partial charge in [-0.15, -0.1) is 0 Å². The number of hydrogen-bond donors (Lipinski definition) is 1. The van der Waals surface area contributed by atoms with Crippen LogP contribution in [0.25, 0.3) is 0 Å². The first-order valence-electron chi connectivity index (χ1n) is 7.28. The van der Waals surface area contributed by atoms with E-state index in [1.165, 1.54) is 11.6 Å². The molecule has 2 aromatic rings. The first-order chi connectivity index (χ1) is 10.0. The molecule has 1 nitrogen and oxygen atoms in total. The summed E-state index contributed by atoms with van der Waals surface area (Å²) in [5.74, 6) is -0.174. The van der Waals surface area contributed by atoms with Gasteiger partial charge in [-0.3, -0.25) is 0 Å². The second kappa shape index (κ2) is 7.58. The average Bonchev–Trinajstić information content (AvgIpc) is 2.38. The maximum Gasteiger partial charge on any atom is 0.123 e. The van der Waals surface area contributed by atoms with Crippen molar-refractivity contribution in [1.82, 2.24) is 5.32 Å². The molecule has 0 aliphatic rings. The van der Waals surface area contributed by atoms with Gasteiger partial charge in [0.1, 0.15) is 5.82 Å². The minimum Gasteiger partial charge on any atom is -0.311 e. The van der Waals surface area contributed by atoms with Gasteiger partial charge in [-0.05, 0) is 62.1 Å². The second-order valence-electron chi connectivity index (χ2n) is 5.64. The summed E-state index contributed by atoms with van der Waals surface area (Å²) in [6.45, 7) is 4.28. The Labute approximate surface area is 131 Å². The molecule has 2 aromatic carbocycles. The van der Waals surface area contributed by atoms with Gasteiger partial charge in [-0.1, -0.05) is 35.9 Å². The lowest BCUT2D eigenvalue weighted by Gasteiger charge is -2.20. The minimum atomic E-state index is -0.174. The van der Waals surface area contributed by atoms with Gasteiger partial charge in [0.15, 0.2) is 0 Å². The van der Waals surface area contributed by atoms with Crippen LogP contribution < -0.4 is 5.32 Å². The van der Waals surface area contributed by atoms with Gasteiger partial charge >= 0.3 is 0 Å². The molecule has 0 saturated carbocycles. The Balaban J connectivity index is 1.86. The molecular weight excluding hydrogens is 285 g/mol. The van der Waals surface area contributed by atoms with E-state index in [0.29, 0.717) is 12.1 Å². The van der Waals surface area contributed by atoms with E-state index in [9.17, 15) is 4.39 Å². The lowest BCUT2D eigenvalue weighted by molar-refractivity contribution is 0.462. The molecule has 0 bridgehead atoms. The van der Waals surface area contributed by atoms with Gasteiger partial charge in [-0.25, -0.2) is 4.39 Å². The number of hydrogen-bond acceptors (Lipinski definition) is 1. The SMILES string of the molecule is CC(Cc1cccc(F)c1)NC(C)Cc1cccc(Cl)c1. The zero-order chi connectivity index (χ0) is 15.2. The highest BCUT2D eigenvalue weighted by Gasteiger charge is 2.09. The zero-order valence-corrected chi connectivity index (χ0v) is 13.2. The molecule has 112 valence electrons. The van der Waals surface area contributed by atoms with Crippen LogP contribution in [0.5, 0.6) is 0 Å². The van der Waals surface area contributed by atoms with E-state index in [0.717, 1.165) is 23.4 Å². The van der Waals surface area contributed by atoms with Crippen LogP contribution in [-0.4, -0.2) is 12.1 Å². The summed E-state index contributed by atoms with van der Waals surface area (Å²) in [5.41, 5.74) is 2.24. The number of benzene rings is 2. The molecule has 0 fully saturated rings. The maximum atomic E-state index is 13.2. The van der Waals surface area contributed by atoms with Crippen LogP contribution in [0.2, 0.25) is 5.02 Å². The molecule has 3 heteroatoms. The van der Waals surface area contributed by atoms with Crippen molar-refractivity contribution in [2.45, 2.75) is 38.8 Å². The molecule has 0 aromatic heterocycles. The van der Waals surface area contributed by atoms with Crippen molar-refractivity contribution in [1.29, 1.82) is 0 Å². The zero-order valence-electron chi connectivity index (χ0n) is 12.4. The number of nitrogens with one attached hydrogen (secondary N) is 1. The van der Waals surface area contributed by atoms with Crippen molar-refractivity contribution in [2.24, 2.45) is 0 Å². The van der Waals surface area contributed by atoms with E-state index in [-0.39, 0.29) is 5.82 Å². The molecule has 2 atom stereocenters. The third-order valence-corrected chi connectivity index (χ3v) is 3.67. The average molecular weight is 306 g/mol. The molecule has 2 rings (SSSR count). The first-order valence-corrected chi connectivity index (χ1v) is 7.65. The summed E-state index contributed by atoms with van der Waals surface area (Å²) in [5, 5.41) is 4.32. The van der Waals surface area contributed by atoms with Crippen LogP contribution in [0.1, 0.15) is 25.0 Å². The Morgan fingerprint density at radius 3 is 2.10 bits per heavy atom. The Bertz CT molecular complexity index is 533. The summed E-state index contributed by atoms with van der Waals surface area (Å²) in [6.07, 6.45) is 1.74. The van der Waals surface area contributed by atoms with Crippen molar-refractivity contribution in [3.63, 3.8) is 0 Å².